The molecule has 2 amide bonds. The van der Waals surface area contributed by atoms with Crippen molar-refractivity contribution in [1.82, 2.24) is 0 Å². The topological polar surface area (TPSA) is 58.2 Å². The Morgan fingerprint density at radius 2 is 1.55 bits per heavy atom. The summed E-state index contributed by atoms with van der Waals surface area (Å²) in [7, 11) is 0. The number of amides is 2. The van der Waals surface area contributed by atoms with E-state index in [1.165, 1.54) is 36.0 Å². The summed E-state index contributed by atoms with van der Waals surface area (Å²) in [4.78, 5) is 24.5. The largest absolute Gasteiger partial charge is 0.325 e. The zero-order valence-corrected chi connectivity index (χ0v) is 17.7. The second kappa shape index (κ2) is 11.0. The van der Waals surface area contributed by atoms with Crippen LogP contribution < -0.4 is 10.6 Å². The molecule has 4 nitrogen and oxygen atoms in total. The average Bonchev–Trinajstić information content (AvgIpc) is 2.78. The van der Waals surface area contributed by atoms with Gasteiger partial charge in [-0.15, -0.1) is 11.8 Å². The summed E-state index contributed by atoms with van der Waals surface area (Å²) >= 11 is 1.22. The summed E-state index contributed by atoms with van der Waals surface area (Å²) in [5, 5.41) is 5.10. The van der Waals surface area contributed by atoms with Crippen LogP contribution in [0.15, 0.2) is 78.9 Å². The van der Waals surface area contributed by atoms with Crippen molar-refractivity contribution in [2.45, 2.75) is 12.2 Å². The Kier molecular flexibility index (Phi) is 7.85. The summed E-state index contributed by atoms with van der Waals surface area (Å²) in [6, 6.07) is 22.5. The molecule has 31 heavy (non-hydrogen) atoms. The molecule has 0 aliphatic heterocycles. The molecule has 1 unspecified atom stereocenters. The smallest absolute Gasteiger partial charge is 0.237 e. The number of halogens is 1. The minimum Gasteiger partial charge on any atom is -0.325 e. The highest BCUT2D eigenvalue weighted by Crippen LogP contribution is 2.16. The van der Waals surface area contributed by atoms with Gasteiger partial charge in [0.2, 0.25) is 11.8 Å². The van der Waals surface area contributed by atoms with Crippen LogP contribution >= 0.6 is 11.8 Å². The Hall–Kier alpha value is -3.56. The van der Waals surface area contributed by atoms with E-state index in [0.717, 1.165) is 11.1 Å². The third-order valence-corrected chi connectivity index (χ3v) is 5.36. The van der Waals surface area contributed by atoms with Crippen LogP contribution in [0.4, 0.5) is 15.8 Å². The number of hydrogen-bond donors (Lipinski definition) is 2. The van der Waals surface area contributed by atoms with Crippen molar-refractivity contribution in [1.29, 1.82) is 0 Å². The first-order valence-electron chi connectivity index (χ1n) is 9.64. The zero-order chi connectivity index (χ0) is 22.1. The van der Waals surface area contributed by atoms with Crippen LogP contribution in [-0.4, -0.2) is 22.8 Å². The molecule has 0 radical (unpaired) electrons. The molecule has 3 aromatic carbocycles. The van der Waals surface area contributed by atoms with Gasteiger partial charge in [-0.1, -0.05) is 36.1 Å². The number of thioether (sulfide) groups is 1. The van der Waals surface area contributed by atoms with Crippen molar-refractivity contribution in [2.24, 2.45) is 0 Å². The van der Waals surface area contributed by atoms with Crippen LogP contribution in [0.3, 0.4) is 0 Å². The first kappa shape index (κ1) is 22.1. The fourth-order valence-corrected chi connectivity index (χ4v) is 3.27. The molecular formula is C25H21FN2O2S. The Bertz CT molecular complexity index is 1110. The van der Waals surface area contributed by atoms with Crippen molar-refractivity contribution in [3.8, 4) is 11.8 Å². The predicted molar refractivity (Wildman–Crippen MR) is 124 cm³/mol. The molecule has 1 atom stereocenters. The molecule has 0 saturated heterocycles. The molecular weight excluding hydrogens is 411 g/mol. The quantitative estimate of drug-likeness (QED) is 0.544. The minimum absolute atomic E-state index is 0.106. The van der Waals surface area contributed by atoms with Gasteiger partial charge in [-0.2, -0.15) is 0 Å². The first-order chi connectivity index (χ1) is 15.0. The molecule has 0 heterocycles. The predicted octanol–water partition coefficient (Wildman–Crippen LogP) is 4.92. The van der Waals surface area contributed by atoms with Gasteiger partial charge in [-0.25, -0.2) is 4.39 Å². The number of carbonyl (C=O) groups excluding carboxylic acids is 2. The van der Waals surface area contributed by atoms with E-state index >= 15 is 0 Å². The van der Waals surface area contributed by atoms with Gasteiger partial charge in [0.25, 0.3) is 0 Å². The minimum atomic E-state index is -0.432. The summed E-state index contributed by atoms with van der Waals surface area (Å²) in [5.41, 5.74) is 2.87. The SMILES string of the molecule is CC(SCC(=O)Nc1ccc(F)cc1)C(=O)Nc1cccc(C#Cc2ccccc2)c1. The molecule has 0 aromatic heterocycles. The number of hydrogen-bond acceptors (Lipinski definition) is 3. The first-order valence-corrected chi connectivity index (χ1v) is 10.7. The van der Waals surface area contributed by atoms with Crippen molar-refractivity contribution in [3.05, 3.63) is 95.8 Å². The van der Waals surface area contributed by atoms with Crippen LogP contribution in [0, 0.1) is 17.7 Å². The van der Waals surface area contributed by atoms with E-state index in [4.69, 9.17) is 0 Å². The van der Waals surface area contributed by atoms with E-state index in [0.29, 0.717) is 11.4 Å². The molecule has 3 rings (SSSR count). The van der Waals surface area contributed by atoms with Crippen molar-refractivity contribution < 1.29 is 14.0 Å². The van der Waals surface area contributed by atoms with E-state index in [1.807, 2.05) is 48.5 Å². The Morgan fingerprint density at radius 3 is 2.29 bits per heavy atom. The lowest BCUT2D eigenvalue weighted by molar-refractivity contribution is -0.115. The maximum atomic E-state index is 12.9. The van der Waals surface area contributed by atoms with Gasteiger partial charge in [-0.3, -0.25) is 9.59 Å². The molecule has 0 spiro atoms. The number of benzene rings is 3. The van der Waals surface area contributed by atoms with Crippen LogP contribution in [-0.2, 0) is 9.59 Å². The zero-order valence-electron chi connectivity index (χ0n) is 16.9. The average molecular weight is 433 g/mol. The number of carbonyl (C=O) groups is 2. The van der Waals surface area contributed by atoms with Crippen molar-refractivity contribution in [3.63, 3.8) is 0 Å². The lowest BCUT2D eigenvalue weighted by Gasteiger charge is -2.12. The van der Waals surface area contributed by atoms with Gasteiger partial charge in [0.05, 0.1) is 11.0 Å². The van der Waals surface area contributed by atoms with Crippen LogP contribution in [0.1, 0.15) is 18.1 Å². The lowest BCUT2D eigenvalue weighted by atomic mass is 10.1. The highest BCUT2D eigenvalue weighted by Gasteiger charge is 2.15. The number of nitrogens with one attached hydrogen (secondary N) is 2. The van der Waals surface area contributed by atoms with Crippen LogP contribution in [0.25, 0.3) is 0 Å². The van der Waals surface area contributed by atoms with E-state index in [9.17, 15) is 14.0 Å². The summed E-state index contributed by atoms with van der Waals surface area (Å²) < 4.78 is 12.9. The highest BCUT2D eigenvalue weighted by molar-refractivity contribution is 8.01. The molecule has 2 N–H and O–H groups in total. The Balaban J connectivity index is 1.50. The van der Waals surface area contributed by atoms with Gasteiger partial charge < -0.3 is 10.6 Å². The monoisotopic (exact) mass is 432 g/mol. The standard InChI is InChI=1S/C25H21FN2O2S/c1-18(31-17-24(29)27-22-14-12-21(26)13-15-22)25(30)28-23-9-5-8-20(16-23)11-10-19-6-3-2-4-7-19/h2-9,12-16,18H,17H2,1H3,(H,27,29)(H,28,30). The van der Waals surface area contributed by atoms with E-state index in [1.54, 1.807) is 13.0 Å². The molecule has 0 bridgehead atoms. The third kappa shape index (κ3) is 7.32. The second-order valence-electron chi connectivity index (χ2n) is 6.69. The van der Waals surface area contributed by atoms with Gasteiger partial charge in [0.1, 0.15) is 5.82 Å². The molecule has 3 aromatic rings. The van der Waals surface area contributed by atoms with E-state index < -0.39 is 5.25 Å². The lowest BCUT2D eigenvalue weighted by Crippen LogP contribution is -2.25. The number of rotatable bonds is 6. The number of anilines is 2. The van der Waals surface area contributed by atoms with Crippen molar-refractivity contribution >= 4 is 35.0 Å². The maximum absolute atomic E-state index is 12.9. The maximum Gasteiger partial charge on any atom is 0.237 e. The second-order valence-corrected chi connectivity index (χ2v) is 8.02. The summed E-state index contributed by atoms with van der Waals surface area (Å²) in [6.07, 6.45) is 0. The van der Waals surface area contributed by atoms with Crippen LogP contribution in [0.2, 0.25) is 0 Å². The van der Waals surface area contributed by atoms with Crippen molar-refractivity contribution in [2.75, 3.05) is 16.4 Å². The molecule has 0 aliphatic rings. The van der Waals surface area contributed by atoms with Gasteiger partial charge in [0, 0.05) is 22.5 Å². The fraction of sp³-hybridized carbons (Fsp3) is 0.120. The summed E-state index contributed by atoms with van der Waals surface area (Å²) in [5.74, 6) is 5.46. The van der Waals surface area contributed by atoms with Crippen LogP contribution in [0.5, 0.6) is 0 Å². The fourth-order valence-electron chi connectivity index (χ4n) is 2.59. The normalized spacial score (nSPS) is 11.0. The Morgan fingerprint density at radius 1 is 0.871 bits per heavy atom. The van der Waals surface area contributed by atoms with Gasteiger partial charge in [-0.05, 0) is 61.5 Å². The van der Waals surface area contributed by atoms with E-state index in [2.05, 4.69) is 22.5 Å². The third-order valence-electron chi connectivity index (χ3n) is 4.22. The molecule has 0 aliphatic carbocycles. The van der Waals surface area contributed by atoms with E-state index in [-0.39, 0.29) is 23.4 Å². The molecule has 156 valence electrons. The molecule has 6 heteroatoms. The summed E-state index contributed by atoms with van der Waals surface area (Å²) in [6.45, 7) is 1.74. The molecule has 0 fully saturated rings. The van der Waals surface area contributed by atoms with Gasteiger partial charge >= 0.3 is 0 Å². The Labute approximate surface area is 185 Å². The molecule has 0 saturated carbocycles. The highest BCUT2D eigenvalue weighted by atomic mass is 32.2. The van der Waals surface area contributed by atoms with Gasteiger partial charge in [0.15, 0.2) is 0 Å².